The highest BCUT2D eigenvalue weighted by Gasteiger charge is 2.52. The first-order chi connectivity index (χ1) is 18.0. The van der Waals surface area contributed by atoms with E-state index in [-0.39, 0.29) is 29.9 Å². The van der Waals surface area contributed by atoms with Crippen LogP contribution in [-0.2, 0) is 20.9 Å². The van der Waals surface area contributed by atoms with Crippen molar-refractivity contribution in [2.75, 3.05) is 13.7 Å². The van der Waals surface area contributed by atoms with Gasteiger partial charge in [-0.2, -0.15) is 0 Å². The van der Waals surface area contributed by atoms with Crippen LogP contribution in [0, 0.1) is 23.1 Å². The molecule has 38 heavy (non-hydrogen) atoms. The number of halogens is 1. The zero-order valence-electron chi connectivity index (χ0n) is 23.1. The molecule has 5 N–H and O–H groups in total. The van der Waals surface area contributed by atoms with E-state index in [0.717, 1.165) is 19.3 Å². The number of methoxy groups -OCH3 is 1. The molecule has 2 amide bonds. The zero-order valence-corrected chi connectivity index (χ0v) is 23.1. The van der Waals surface area contributed by atoms with Crippen LogP contribution < -0.4 is 16.8 Å². The van der Waals surface area contributed by atoms with Gasteiger partial charge in [0, 0.05) is 31.6 Å². The highest BCUT2D eigenvalue weighted by atomic mass is 19.1. The van der Waals surface area contributed by atoms with Gasteiger partial charge in [0.15, 0.2) is 0 Å². The summed E-state index contributed by atoms with van der Waals surface area (Å²) in [5, 5.41) is 2.89. The fourth-order valence-corrected chi connectivity index (χ4v) is 4.93. The number of hydrogen-bond donors (Lipinski definition) is 3. The lowest BCUT2D eigenvalue weighted by molar-refractivity contribution is -0.134. The second-order valence-corrected chi connectivity index (χ2v) is 10.7. The summed E-state index contributed by atoms with van der Waals surface area (Å²) < 4.78 is 19.8. The summed E-state index contributed by atoms with van der Waals surface area (Å²) in [6.07, 6.45) is 11.2. The summed E-state index contributed by atoms with van der Waals surface area (Å²) in [7, 11) is 1.59. The van der Waals surface area contributed by atoms with Crippen molar-refractivity contribution in [3.05, 3.63) is 77.0 Å². The van der Waals surface area contributed by atoms with E-state index in [9.17, 15) is 14.0 Å². The fourth-order valence-electron chi connectivity index (χ4n) is 4.93. The van der Waals surface area contributed by atoms with Gasteiger partial charge in [0.2, 0.25) is 11.8 Å². The van der Waals surface area contributed by atoms with Crippen molar-refractivity contribution >= 4 is 17.4 Å². The van der Waals surface area contributed by atoms with Crippen LogP contribution in [0.3, 0.4) is 0 Å². The Kier molecular flexibility index (Phi) is 9.55. The van der Waals surface area contributed by atoms with Crippen LogP contribution in [0.25, 0.3) is 5.57 Å². The molecule has 1 aromatic rings. The van der Waals surface area contributed by atoms with Gasteiger partial charge in [-0.25, -0.2) is 4.39 Å². The van der Waals surface area contributed by atoms with Gasteiger partial charge < -0.3 is 26.4 Å². The van der Waals surface area contributed by atoms with Gasteiger partial charge in [-0.1, -0.05) is 13.8 Å². The number of nitrogens with zero attached hydrogens (tertiary/aromatic N) is 1. The number of hydrogen-bond acceptors (Lipinski definition) is 5. The monoisotopic (exact) mass is 524 g/mol. The Balaban J connectivity index is 1.75. The van der Waals surface area contributed by atoms with E-state index >= 15 is 0 Å². The molecule has 1 heterocycles. The largest absolute Gasteiger partial charge is 0.405 e. The maximum Gasteiger partial charge on any atom is 0.233 e. The number of nitrogens with two attached hydrogens (primary N) is 2. The molecule has 0 bridgehead atoms. The highest BCUT2D eigenvalue weighted by Crippen LogP contribution is 2.52. The highest BCUT2D eigenvalue weighted by molar-refractivity contribution is 5.87. The minimum atomic E-state index is -0.535. The Morgan fingerprint density at radius 1 is 1.29 bits per heavy atom. The quantitative estimate of drug-likeness (QED) is 0.373. The lowest BCUT2D eigenvalue weighted by atomic mass is 9.83. The molecule has 2 unspecified atom stereocenters. The molecule has 2 aliphatic rings. The average molecular weight is 525 g/mol. The smallest absolute Gasteiger partial charge is 0.233 e. The van der Waals surface area contributed by atoms with Crippen LogP contribution in [0.5, 0.6) is 0 Å². The number of ether oxygens (including phenoxy) is 1. The van der Waals surface area contributed by atoms with E-state index in [0.29, 0.717) is 40.6 Å². The van der Waals surface area contributed by atoms with Gasteiger partial charge in [-0.15, -0.1) is 0 Å². The van der Waals surface area contributed by atoms with Crippen molar-refractivity contribution in [1.29, 1.82) is 0 Å². The topological polar surface area (TPSA) is 111 Å². The Bertz CT molecular complexity index is 1160. The molecule has 1 aliphatic carbocycles. The summed E-state index contributed by atoms with van der Waals surface area (Å²) in [6.45, 7) is 8.20. The van der Waals surface area contributed by atoms with Crippen LogP contribution in [0.15, 0.2) is 60.1 Å². The van der Waals surface area contributed by atoms with Gasteiger partial charge in [-0.3, -0.25) is 9.59 Å². The SMILES string of the molecule is COC(C)/C=C(\C=C/N)c1cc(F)cc(CNC(=O)C(C)/C=C(\C=C(\C)N)N2CC[C@@](C)(C3CC3)C2=O)c1. The van der Waals surface area contributed by atoms with E-state index < -0.39 is 11.7 Å². The van der Waals surface area contributed by atoms with Crippen molar-refractivity contribution < 1.29 is 18.7 Å². The van der Waals surface area contributed by atoms with Gasteiger partial charge in [0.05, 0.1) is 17.4 Å². The number of amides is 2. The van der Waals surface area contributed by atoms with Crippen LogP contribution >= 0.6 is 0 Å². The van der Waals surface area contributed by atoms with Crippen LogP contribution in [0.2, 0.25) is 0 Å². The predicted molar refractivity (Wildman–Crippen MR) is 148 cm³/mol. The minimum Gasteiger partial charge on any atom is -0.405 e. The van der Waals surface area contributed by atoms with Crippen LogP contribution in [0.1, 0.15) is 58.1 Å². The maximum absolute atomic E-state index is 14.5. The van der Waals surface area contributed by atoms with E-state index in [4.69, 9.17) is 16.2 Å². The molecule has 2 fully saturated rings. The number of carbonyl (C=O) groups is 2. The molecule has 8 heteroatoms. The molecule has 1 aromatic carbocycles. The standard InChI is InChI=1S/C30H41FN4O3/c1-19(12-27(13-20(2)33)35-11-9-30(4,29(35)37)25-6-7-25)28(36)34-18-22-15-24(17-26(31)16-22)23(8-10-32)14-21(3)38-5/h8,10,12-17,19,21,25H,6-7,9,11,18,32-33H2,1-5H3,(H,34,36)/b10-8-,20-13-,23-14+,27-12+/t19?,21?,30-/m0/s1. The molecular weight excluding hydrogens is 483 g/mol. The number of nitrogens with one attached hydrogen (secondary N) is 1. The summed E-state index contributed by atoms with van der Waals surface area (Å²) in [5.74, 6) is -0.652. The number of carbonyl (C=O) groups excluding carboxylic acids is 2. The maximum atomic E-state index is 14.5. The minimum absolute atomic E-state index is 0.0989. The third kappa shape index (κ3) is 7.13. The lowest BCUT2D eigenvalue weighted by Gasteiger charge is -2.24. The Morgan fingerprint density at radius 2 is 2.00 bits per heavy atom. The van der Waals surface area contributed by atoms with Crippen molar-refractivity contribution in [1.82, 2.24) is 10.2 Å². The second-order valence-electron chi connectivity index (χ2n) is 10.7. The Morgan fingerprint density at radius 3 is 2.61 bits per heavy atom. The zero-order chi connectivity index (χ0) is 28.0. The number of rotatable bonds is 11. The first-order valence-corrected chi connectivity index (χ1v) is 13.2. The van der Waals surface area contributed by atoms with Crippen molar-refractivity contribution in [2.24, 2.45) is 28.7 Å². The molecular formula is C30H41FN4O3. The number of likely N-dealkylation sites (tertiary alicyclic amines) is 1. The third-order valence-electron chi connectivity index (χ3n) is 7.41. The summed E-state index contributed by atoms with van der Waals surface area (Å²) in [5.41, 5.74) is 14.4. The first kappa shape index (κ1) is 29.2. The number of benzene rings is 1. The van der Waals surface area contributed by atoms with Gasteiger partial charge in [0.1, 0.15) is 5.82 Å². The molecule has 1 saturated heterocycles. The molecule has 7 nitrogen and oxygen atoms in total. The van der Waals surface area contributed by atoms with Gasteiger partial charge in [-0.05, 0) is 104 Å². The molecule has 3 atom stereocenters. The lowest BCUT2D eigenvalue weighted by Crippen LogP contribution is -2.34. The predicted octanol–water partition coefficient (Wildman–Crippen LogP) is 4.36. The van der Waals surface area contributed by atoms with Gasteiger partial charge in [0.25, 0.3) is 0 Å². The molecule has 3 rings (SSSR count). The van der Waals surface area contributed by atoms with Crippen LogP contribution in [-0.4, -0.2) is 36.5 Å². The Hall–Kier alpha value is -3.39. The van der Waals surface area contributed by atoms with Crippen molar-refractivity contribution in [2.45, 2.75) is 59.6 Å². The number of allylic oxidation sites excluding steroid dienone is 4. The second kappa shape index (κ2) is 12.4. The van der Waals surface area contributed by atoms with E-state index in [1.807, 2.05) is 26.0 Å². The third-order valence-corrected chi connectivity index (χ3v) is 7.41. The van der Waals surface area contributed by atoms with E-state index in [1.165, 1.54) is 18.3 Å². The van der Waals surface area contributed by atoms with Gasteiger partial charge >= 0.3 is 0 Å². The summed E-state index contributed by atoms with van der Waals surface area (Å²) in [6, 6.07) is 4.62. The molecule has 0 aromatic heterocycles. The Labute approximate surface area is 225 Å². The average Bonchev–Trinajstić information content (AvgIpc) is 3.67. The molecule has 206 valence electrons. The molecule has 0 radical (unpaired) electrons. The summed E-state index contributed by atoms with van der Waals surface area (Å²) in [4.78, 5) is 28.1. The van der Waals surface area contributed by atoms with Crippen molar-refractivity contribution in [3.63, 3.8) is 0 Å². The molecule has 1 saturated carbocycles. The van der Waals surface area contributed by atoms with Crippen molar-refractivity contribution in [3.8, 4) is 0 Å². The summed E-state index contributed by atoms with van der Waals surface area (Å²) >= 11 is 0. The molecule has 1 aliphatic heterocycles. The fraction of sp³-hybridized carbons (Fsp3) is 0.467. The normalized spacial score (nSPS) is 22.7. The first-order valence-electron chi connectivity index (χ1n) is 13.2. The van der Waals surface area contributed by atoms with E-state index in [1.54, 1.807) is 44.1 Å². The molecule has 0 spiro atoms. The van der Waals surface area contributed by atoms with Crippen LogP contribution in [0.4, 0.5) is 4.39 Å². The van der Waals surface area contributed by atoms with E-state index in [2.05, 4.69) is 5.32 Å².